The van der Waals surface area contributed by atoms with E-state index in [2.05, 4.69) is 14.4 Å². The molecule has 1 saturated heterocycles. The summed E-state index contributed by atoms with van der Waals surface area (Å²) < 4.78 is 5.09. The average molecular weight is 378 g/mol. The van der Waals surface area contributed by atoms with Crippen molar-refractivity contribution in [3.63, 3.8) is 0 Å². The first-order valence-corrected chi connectivity index (χ1v) is 10.8. The molecule has 1 aromatic rings. The van der Waals surface area contributed by atoms with Crippen molar-refractivity contribution in [1.82, 2.24) is 24.1 Å². The fraction of sp³-hybridized carbons (Fsp3) is 0.842. The van der Waals surface area contributed by atoms with E-state index in [1.807, 2.05) is 4.68 Å². The first kappa shape index (κ1) is 18.2. The smallest absolute Gasteiger partial charge is 0.225 e. The van der Waals surface area contributed by atoms with Crippen LogP contribution in [0, 0.1) is 10.7 Å². The quantitative estimate of drug-likeness (QED) is 0.760. The summed E-state index contributed by atoms with van der Waals surface area (Å²) in [6.07, 6.45) is 10.7. The third-order valence-corrected chi connectivity index (χ3v) is 6.68. The molecule has 0 spiro atoms. The molecule has 2 aliphatic heterocycles. The second-order valence-corrected chi connectivity index (χ2v) is 8.45. The summed E-state index contributed by atoms with van der Waals surface area (Å²) in [6.45, 7) is 5.29. The monoisotopic (exact) mass is 377 g/mol. The van der Waals surface area contributed by atoms with E-state index in [0.29, 0.717) is 5.91 Å². The molecule has 144 valence electrons. The number of nitrogens with zero attached hydrogens (tertiary/aromatic N) is 5. The third kappa shape index (κ3) is 3.88. The van der Waals surface area contributed by atoms with E-state index >= 15 is 0 Å². The van der Waals surface area contributed by atoms with Crippen molar-refractivity contribution in [3.8, 4) is 0 Å². The number of carbonyl (C=O) groups is 1. The number of aryl methyl sites for hydroxylation is 1. The second-order valence-electron chi connectivity index (χ2n) is 8.08. The molecule has 3 heterocycles. The normalized spacial score (nSPS) is 22.8. The lowest BCUT2D eigenvalue weighted by Gasteiger charge is -2.37. The first-order valence-electron chi connectivity index (χ1n) is 10.4. The van der Waals surface area contributed by atoms with Gasteiger partial charge in [0, 0.05) is 45.1 Å². The topological polar surface area (TPSA) is 46.3 Å². The van der Waals surface area contributed by atoms with Crippen molar-refractivity contribution < 1.29 is 4.79 Å². The number of piperazine rings is 1. The highest BCUT2D eigenvalue weighted by molar-refractivity contribution is 7.71. The van der Waals surface area contributed by atoms with Crippen LogP contribution in [0.2, 0.25) is 0 Å². The van der Waals surface area contributed by atoms with E-state index in [0.717, 1.165) is 69.3 Å². The zero-order valence-electron chi connectivity index (χ0n) is 15.7. The Balaban J connectivity index is 1.33. The SMILES string of the molecule is O=C(C1CCCCC1)N1CCN(Cn2nc3n(c2=S)CCCCC3)CC1. The van der Waals surface area contributed by atoms with Crippen LogP contribution < -0.4 is 0 Å². The Morgan fingerprint density at radius 3 is 2.46 bits per heavy atom. The standard InChI is InChI=1S/C19H31N5OS/c25-18(16-7-3-1-4-8-16)22-13-11-21(12-14-22)15-24-19(26)23-10-6-2-5-9-17(23)20-24/h16H,1-15H2. The maximum atomic E-state index is 12.7. The van der Waals surface area contributed by atoms with Gasteiger partial charge in [0.05, 0.1) is 6.67 Å². The van der Waals surface area contributed by atoms with Gasteiger partial charge in [0.15, 0.2) is 4.77 Å². The summed E-state index contributed by atoms with van der Waals surface area (Å²) >= 11 is 5.66. The molecule has 0 bridgehead atoms. The van der Waals surface area contributed by atoms with Gasteiger partial charge in [-0.15, -0.1) is 0 Å². The summed E-state index contributed by atoms with van der Waals surface area (Å²) in [5.74, 6) is 1.83. The zero-order valence-corrected chi connectivity index (χ0v) is 16.6. The number of carbonyl (C=O) groups excluding carboxylic acids is 1. The fourth-order valence-corrected chi connectivity index (χ4v) is 4.92. The lowest BCUT2D eigenvalue weighted by Crippen LogP contribution is -2.50. The molecule has 0 unspecified atom stereocenters. The first-order chi connectivity index (χ1) is 12.7. The minimum atomic E-state index is 0.285. The molecule has 1 aromatic heterocycles. The number of hydrogen-bond acceptors (Lipinski definition) is 4. The number of aromatic nitrogens is 3. The molecular formula is C19H31N5OS. The molecule has 7 heteroatoms. The van der Waals surface area contributed by atoms with E-state index in [1.54, 1.807) is 0 Å². The molecule has 4 rings (SSSR count). The van der Waals surface area contributed by atoms with Crippen molar-refractivity contribution in [2.75, 3.05) is 26.2 Å². The summed E-state index contributed by atoms with van der Waals surface area (Å²) in [4.78, 5) is 17.2. The molecule has 0 radical (unpaired) electrons. The molecule has 1 saturated carbocycles. The van der Waals surface area contributed by atoms with Gasteiger partial charge in [0.25, 0.3) is 0 Å². The molecule has 1 aliphatic carbocycles. The van der Waals surface area contributed by atoms with E-state index in [4.69, 9.17) is 17.3 Å². The van der Waals surface area contributed by atoms with Crippen LogP contribution in [-0.2, 0) is 24.4 Å². The molecule has 3 aliphatic rings. The molecule has 0 aromatic carbocycles. The number of amides is 1. The molecule has 0 N–H and O–H groups in total. The van der Waals surface area contributed by atoms with Crippen LogP contribution in [0.5, 0.6) is 0 Å². The number of hydrogen-bond donors (Lipinski definition) is 0. The lowest BCUT2D eigenvalue weighted by molar-refractivity contribution is -0.138. The highest BCUT2D eigenvalue weighted by Gasteiger charge is 2.28. The predicted octanol–water partition coefficient (Wildman–Crippen LogP) is 2.82. The van der Waals surface area contributed by atoms with Gasteiger partial charge < -0.3 is 9.47 Å². The summed E-state index contributed by atoms with van der Waals surface area (Å²) in [5.41, 5.74) is 0. The molecule has 0 atom stereocenters. The molecule has 6 nitrogen and oxygen atoms in total. The molecule has 2 fully saturated rings. The lowest BCUT2D eigenvalue weighted by atomic mass is 9.88. The maximum absolute atomic E-state index is 12.7. The van der Waals surface area contributed by atoms with Crippen LogP contribution in [0.25, 0.3) is 0 Å². The van der Waals surface area contributed by atoms with E-state index in [-0.39, 0.29) is 5.92 Å². The summed E-state index contributed by atoms with van der Waals surface area (Å²) in [5, 5.41) is 4.79. The minimum absolute atomic E-state index is 0.285. The van der Waals surface area contributed by atoms with Gasteiger partial charge in [-0.05, 0) is 37.9 Å². The third-order valence-electron chi connectivity index (χ3n) is 6.25. The maximum Gasteiger partial charge on any atom is 0.225 e. The van der Waals surface area contributed by atoms with Gasteiger partial charge in [-0.25, -0.2) is 4.68 Å². The summed E-state index contributed by atoms with van der Waals surface area (Å²) in [7, 11) is 0. The van der Waals surface area contributed by atoms with E-state index in [9.17, 15) is 4.79 Å². The number of rotatable bonds is 3. The van der Waals surface area contributed by atoms with Crippen molar-refractivity contribution in [1.29, 1.82) is 0 Å². The Kier molecular flexibility index (Phi) is 5.74. The fourth-order valence-electron chi connectivity index (χ4n) is 4.62. The van der Waals surface area contributed by atoms with Crippen LogP contribution in [-0.4, -0.2) is 56.2 Å². The van der Waals surface area contributed by atoms with Crippen LogP contribution in [0.3, 0.4) is 0 Å². The van der Waals surface area contributed by atoms with Crippen LogP contribution in [0.4, 0.5) is 0 Å². The van der Waals surface area contributed by atoms with Crippen LogP contribution in [0.1, 0.15) is 57.2 Å². The highest BCUT2D eigenvalue weighted by atomic mass is 32.1. The van der Waals surface area contributed by atoms with Gasteiger partial charge in [0.2, 0.25) is 5.91 Å². The van der Waals surface area contributed by atoms with E-state index in [1.165, 1.54) is 38.5 Å². The minimum Gasteiger partial charge on any atom is -0.340 e. The van der Waals surface area contributed by atoms with Crippen LogP contribution >= 0.6 is 12.2 Å². The Labute approximate surface area is 161 Å². The van der Waals surface area contributed by atoms with Crippen LogP contribution in [0.15, 0.2) is 0 Å². The van der Waals surface area contributed by atoms with Gasteiger partial charge >= 0.3 is 0 Å². The van der Waals surface area contributed by atoms with Crippen molar-refractivity contribution in [2.45, 2.75) is 71.0 Å². The van der Waals surface area contributed by atoms with Gasteiger partial charge in [-0.3, -0.25) is 9.69 Å². The Morgan fingerprint density at radius 1 is 0.962 bits per heavy atom. The Morgan fingerprint density at radius 2 is 1.69 bits per heavy atom. The number of fused-ring (bicyclic) bond motifs is 1. The van der Waals surface area contributed by atoms with Gasteiger partial charge in [0.1, 0.15) is 5.82 Å². The van der Waals surface area contributed by atoms with Crippen molar-refractivity contribution in [3.05, 3.63) is 10.6 Å². The average Bonchev–Trinajstić information content (AvgIpc) is 2.85. The molecular weight excluding hydrogens is 346 g/mol. The zero-order chi connectivity index (χ0) is 17.9. The van der Waals surface area contributed by atoms with Gasteiger partial charge in [-0.2, -0.15) is 5.10 Å². The highest BCUT2D eigenvalue weighted by Crippen LogP contribution is 2.26. The van der Waals surface area contributed by atoms with Crippen molar-refractivity contribution >= 4 is 18.1 Å². The Bertz CT molecular complexity index is 683. The summed E-state index contributed by atoms with van der Waals surface area (Å²) in [6, 6.07) is 0. The van der Waals surface area contributed by atoms with Gasteiger partial charge in [-0.1, -0.05) is 25.7 Å². The largest absolute Gasteiger partial charge is 0.340 e. The van der Waals surface area contributed by atoms with Crippen molar-refractivity contribution in [2.24, 2.45) is 5.92 Å². The molecule has 26 heavy (non-hydrogen) atoms. The van der Waals surface area contributed by atoms with E-state index < -0.39 is 0 Å². The second kappa shape index (κ2) is 8.21. The Hall–Kier alpha value is -1.21. The predicted molar refractivity (Wildman–Crippen MR) is 103 cm³/mol. The molecule has 1 amide bonds.